The van der Waals surface area contributed by atoms with Crippen LogP contribution in [0.1, 0.15) is 35.4 Å². The highest BCUT2D eigenvalue weighted by Gasteiger charge is 2.23. The third-order valence-electron chi connectivity index (χ3n) is 6.13. The summed E-state index contributed by atoms with van der Waals surface area (Å²) in [7, 11) is 1.94. The van der Waals surface area contributed by atoms with E-state index in [4.69, 9.17) is 30.8 Å². The van der Waals surface area contributed by atoms with Crippen LogP contribution in [0.5, 0.6) is 0 Å². The van der Waals surface area contributed by atoms with Crippen LogP contribution < -0.4 is 16.0 Å². The van der Waals surface area contributed by atoms with Crippen LogP contribution >= 0.6 is 11.6 Å². The van der Waals surface area contributed by atoms with Crippen LogP contribution in [-0.4, -0.2) is 54.5 Å². The highest BCUT2D eigenvalue weighted by Crippen LogP contribution is 2.35. The molecule has 182 valence electrons. The van der Waals surface area contributed by atoms with Gasteiger partial charge in [-0.15, -0.1) is 0 Å². The first-order chi connectivity index (χ1) is 16.5. The van der Waals surface area contributed by atoms with E-state index in [1.807, 2.05) is 40.0 Å². The Morgan fingerprint density at radius 3 is 2.59 bits per heavy atom. The van der Waals surface area contributed by atoms with E-state index in [0.29, 0.717) is 16.9 Å². The van der Waals surface area contributed by atoms with Gasteiger partial charge in [-0.2, -0.15) is 0 Å². The second-order valence-corrected chi connectivity index (χ2v) is 9.10. The first-order valence-electron chi connectivity index (χ1n) is 11.8. The molecule has 0 aliphatic carbocycles. The third-order valence-corrected chi connectivity index (χ3v) is 6.46. The van der Waals surface area contributed by atoms with Crippen molar-refractivity contribution in [3.63, 3.8) is 0 Å². The Morgan fingerprint density at radius 2 is 1.88 bits per heavy atom. The van der Waals surface area contributed by atoms with Gasteiger partial charge in [0.15, 0.2) is 5.82 Å². The maximum Gasteiger partial charge on any atom is 0.163 e. The molecule has 0 saturated carbocycles. The molecule has 1 saturated heterocycles. The number of rotatable bonds is 9. The minimum atomic E-state index is 0.297. The van der Waals surface area contributed by atoms with Gasteiger partial charge < -0.3 is 25.2 Å². The molecule has 0 radical (unpaired) electrons. The molecule has 3 N–H and O–H groups in total. The van der Waals surface area contributed by atoms with Gasteiger partial charge in [-0.1, -0.05) is 22.8 Å². The largest absolute Gasteiger partial charge is 0.381 e. The summed E-state index contributed by atoms with van der Waals surface area (Å²) < 4.78 is 11.0. The third kappa shape index (κ3) is 5.58. The summed E-state index contributed by atoms with van der Waals surface area (Å²) in [4.78, 5) is 9.93. The van der Waals surface area contributed by atoms with E-state index >= 15 is 0 Å². The van der Waals surface area contributed by atoms with Crippen LogP contribution in [-0.2, 0) is 11.3 Å². The van der Waals surface area contributed by atoms with E-state index < -0.39 is 0 Å². The molecule has 0 unspecified atom stereocenters. The van der Waals surface area contributed by atoms with Crippen molar-refractivity contribution in [2.45, 2.75) is 46.2 Å². The van der Waals surface area contributed by atoms with Crippen molar-refractivity contribution in [2.75, 3.05) is 38.7 Å². The Bertz CT molecular complexity index is 1110. The molecule has 0 spiro atoms. The first kappa shape index (κ1) is 24.6. The molecular weight excluding hydrogens is 452 g/mol. The average molecular weight is 485 g/mol. The number of aryl methyl sites for hydroxylation is 2. The number of hydrogen-bond acceptors (Lipinski definition) is 8. The predicted octanol–water partition coefficient (Wildman–Crippen LogP) is 4.28. The molecule has 34 heavy (non-hydrogen) atoms. The van der Waals surface area contributed by atoms with E-state index in [2.05, 4.69) is 27.2 Å². The number of ether oxygens (including phenoxy) is 1. The summed E-state index contributed by atoms with van der Waals surface area (Å²) >= 11 is 6.66. The monoisotopic (exact) mass is 484 g/mol. The lowest BCUT2D eigenvalue weighted by molar-refractivity contribution is 0.0904. The molecule has 0 atom stereocenters. The van der Waals surface area contributed by atoms with Gasteiger partial charge in [0.25, 0.3) is 0 Å². The number of anilines is 1. The van der Waals surface area contributed by atoms with Crippen molar-refractivity contribution in [1.29, 1.82) is 0 Å². The number of nitrogens with zero attached hydrogens (tertiary/aromatic N) is 3. The van der Waals surface area contributed by atoms with Gasteiger partial charge in [0.05, 0.1) is 22.0 Å². The van der Waals surface area contributed by atoms with Crippen molar-refractivity contribution >= 4 is 17.4 Å². The summed E-state index contributed by atoms with van der Waals surface area (Å²) in [5.41, 5.74) is 5.40. The summed E-state index contributed by atoms with van der Waals surface area (Å²) in [5.74, 6) is 2.12. The second kappa shape index (κ2) is 11.3. The van der Waals surface area contributed by atoms with Gasteiger partial charge >= 0.3 is 0 Å². The Morgan fingerprint density at radius 1 is 1.09 bits per heavy atom. The molecule has 4 rings (SSSR count). The fraction of sp³-hybridized carbons (Fsp3) is 0.480. The van der Waals surface area contributed by atoms with E-state index in [0.717, 1.165) is 90.9 Å². The van der Waals surface area contributed by atoms with Crippen molar-refractivity contribution in [3.05, 3.63) is 45.8 Å². The van der Waals surface area contributed by atoms with Gasteiger partial charge in [-0.05, 0) is 58.4 Å². The van der Waals surface area contributed by atoms with Crippen LogP contribution in [0.25, 0.3) is 22.6 Å². The van der Waals surface area contributed by atoms with Gasteiger partial charge in [-0.3, -0.25) is 0 Å². The quantitative estimate of drug-likeness (QED) is 0.387. The number of aromatic nitrogens is 3. The second-order valence-electron chi connectivity index (χ2n) is 8.69. The molecule has 0 amide bonds. The molecule has 1 aliphatic rings. The summed E-state index contributed by atoms with van der Waals surface area (Å²) in [5, 5.41) is 15.0. The number of hydrogen-bond donors (Lipinski definition) is 3. The lowest BCUT2D eigenvalue weighted by Gasteiger charge is -2.25. The lowest BCUT2D eigenvalue weighted by Crippen LogP contribution is -2.28. The molecule has 0 bridgehead atoms. The molecular formula is C25H33ClN6O2. The van der Waals surface area contributed by atoms with Crippen LogP contribution in [0, 0.1) is 20.8 Å². The maximum atomic E-state index is 6.66. The zero-order valence-electron chi connectivity index (χ0n) is 20.3. The van der Waals surface area contributed by atoms with Crippen molar-refractivity contribution in [2.24, 2.45) is 0 Å². The smallest absolute Gasteiger partial charge is 0.163 e. The first-order valence-corrected chi connectivity index (χ1v) is 12.2. The average Bonchev–Trinajstić information content (AvgIpc) is 3.17. The zero-order valence-corrected chi connectivity index (χ0v) is 21.1. The highest BCUT2D eigenvalue weighted by atomic mass is 35.5. The normalized spacial score (nSPS) is 14.5. The van der Waals surface area contributed by atoms with Gasteiger partial charge in [0, 0.05) is 50.0 Å². The molecule has 3 aromatic rings. The number of benzene rings is 1. The maximum absolute atomic E-state index is 6.66. The number of halogens is 1. The number of likely N-dealkylation sites (N-methyl/N-ethyl adjacent to an activating group) is 1. The van der Waals surface area contributed by atoms with Crippen LogP contribution in [0.15, 0.2) is 22.7 Å². The fourth-order valence-electron chi connectivity index (χ4n) is 4.18. The molecule has 1 aliphatic heterocycles. The summed E-state index contributed by atoms with van der Waals surface area (Å²) in [6.07, 6.45) is 1.88. The fourth-order valence-corrected chi connectivity index (χ4v) is 4.38. The predicted molar refractivity (Wildman–Crippen MR) is 135 cm³/mol. The summed E-state index contributed by atoms with van der Waals surface area (Å²) in [6, 6.07) is 6.30. The van der Waals surface area contributed by atoms with E-state index in [1.54, 1.807) is 0 Å². The van der Waals surface area contributed by atoms with Gasteiger partial charge in [0.1, 0.15) is 11.6 Å². The van der Waals surface area contributed by atoms with E-state index in [1.165, 1.54) is 0 Å². The van der Waals surface area contributed by atoms with Crippen LogP contribution in [0.4, 0.5) is 5.82 Å². The molecule has 8 nitrogen and oxygen atoms in total. The molecule has 9 heteroatoms. The van der Waals surface area contributed by atoms with Gasteiger partial charge in [-0.25, -0.2) is 9.97 Å². The Kier molecular flexibility index (Phi) is 8.15. The highest BCUT2D eigenvalue weighted by molar-refractivity contribution is 6.33. The van der Waals surface area contributed by atoms with Gasteiger partial charge in [0.2, 0.25) is 0 Å². The van der Waals surface area contributed by atoms with Crippen molar-refractivity contribution < 1.29 is 9.26 Å². The minimum Gasteiger partial charge on any atom is -0.381 e. The lowest BCUT2D eigenvalue weighted by atomic mass is 10.0. The Labute approximate surface area is 205 Å². The number of nitrogens with one attached hydrogen (secondary N) is 3. The Hall–Kier alpha value is -2.52. The van der Waals surface area contributed by atoms with Crippen LogP contribution in [0.2, 0.25) is 5.02 Å². The molecule has 3 heterocycles. The zero-order chi connectivity index (χ0) is 24.1. The Balaban J connectivity index is 1.76. The summed E-state index contributed by atoms with van der Waals surface area (Å²) in [6.45, 7) is 9.90. The molecule has 2 aromatic heterocycles. The van der Waals surface area contributed by atoms with Crippen LogP contribution in [0.3, 0.4) is 0 Å². The topological polar surface area (TPSA) is 97.1 Å². The van der Waals surface area contributed by atoms with Crippen molar-refractivity contribution in [3.8, 4) is 22.6 Å². The molecule has 1 fully saturated rings. The van der Waals surface area contributed by atoms with E-state index in [-0.39, 0.29) is 0 Å². The minimum absolute atomic E-state index is 0.297. The van der Waals surface area contributed by atoms with Crippen molar-refractivity contribution in [1.82, 2.24) is 25.8 Å². The molecule has 1 aromatic carbocycles. The SMILES string of the molecule is CNCCNCc1ccc(Cl)c(-c2nc(NC3CCOCC3)c(C)c(-c3c(C)noc3C)n2)c1. The standard InChI is InChI=1S/C25H33ClN6O2/c1-15-23(22-16(2)32-34-17(22)3)30-25(31-24(15)29-19-7-11-33-12-8-19)20-13-18(5-6-21(20)26)14-28-10-9-27-4/h5-6,13,19,27-28H,7-12,14H2,1-4H3,(H,29,30,31). The van der Waals surface area contributed by atoms with E-state index in [9.17, 15) is 0 Å².